The number of hydrogen-bond acceptors (Lipinski definition) is 4. The van der Waals surface area contributed by atoms with E-state index in [1.165, 1.54) is 28.8 Å². The molecule has 0 saturated carbocycles. The van der Waals surface area contributed by atoms with E-state index in [4.69, 9.17) is 0 Å². The Labute approximate surface area is 174 Å². The van der Waals surface area contributed by atoms with Gasteiger partial charge in [-0.25, -0.2) is 13.2 Å². The summed E-state index contributed by atoms with van der Waals surface area (Å²) in [6.07, 6.45) is 7.19. The van der Waals surface area contributed by atoms with Crippen molar-refractivity contribution in [1.82, 2.24) is 9.13 Å². The van der Waals surface area contributed by atoms with Crippen LogP contribution < -0.4 is 11.0 Å². The summed E-state index contributed by atoms with van der Waals surface area (Å²) in [5.74, 6) is -0.357. The molecule has 0 radical (unpaired) electrons. The number of carbonyl (C=O) groups is 1. The van der Waals surface area contributed by atoms with Crippen LogP contribution >= 0.6 is 0 Å². The second-order valence-electron chi connectivity index (χ2n) is 7.48. The number of carbonyl (C=O) groups excluding carboxylic acids is 1. The Morgan fingerprint density at radius 2 is 1.73 bits per heavy atom. The van der Waals surface area contributed by atoms with Crippen LogP contribution in [0.4, 0.5) is 5.69 Å². The molecule has 1 aliphatic rings. The molecule has 1 amide bonds. The highest BCUT2D eigenvalue weighted by Gasteiger charge is 2.19. The fourth-order valence-electron chi connectivity index (χ4n) is 3.79. The Morgan fingerprint density at radius 3 is 2.37 bits per heavy atom. The van der Waals surface area contributed by atoms with Crippen molar-refractivity contribution in [1.29, 1.82) is 0 Å². The highest BCUT2D eigenvalue weighted by atomic mass is 32.2. The van der Waals surface area contributed by atoms with Gasteiger partial charge in [-0.05, 0) is 62.1 Å². The van der Waals surface area contributed by atoms with Crippen molar-refractivity contribution in [2.75, 3.05) is 11.6 Å². The molecule has 0 unspecified atom stereocenters. The van der Waals surface area contributed by atoms with Gasteiger partial charge in [0.25, 0.3) is 0 Å². The lowest BCUT2D eigenvalue weighted by Gasteiger charge is -2.13. The van der Waals surface area contributed by atoms with E-state index >= 15 is 0 Å². The number of rotatable bonds is 5. The molecule has 1 heterocycles. The van der Waals surface area contributed by atoms with E-state index in [1.54, 1.807) is 4.57 Å². The molecule has 156 valence electrons. The third-order valence-corrected chi connectivity index (χ3v) is 6.39. The lowest BCUT2D eigenvalue weighted by atomic mass is 10.0. The van der Waals surface area contributed by atoms with E-state index in [9.17, 15) is 18.0 Å². The average Bonchev–Trinajstić information content (AvgIpc) is 3.00. The number of para-hydroxylation sites is 2. The maximum absolute atomic E-state index is 13.2. The molecule has 1 N–H and O–H groups in total. The number of imidazole rings is 1. The van der Waals surface area contributed by atoms with Crippen molar-refractivity contribution in [2.45, 2.75) is 37.1 Å². The van der Waals surface area contributed by atoms with E-state index in [-0.39, 0.29) is 23.0 Å². The van der Waals surface area contributed by atoms with Crippen LogP contribution in [0.5, 0.6) is 0 Å². The highest BCUT2D eigenvalue weighted by molar-refractivity contribution is 7.90. The average molecular weight is 426 g/mol. The second-order valence-corrected chi connectivity index (χ2v) is 9.49. The van der Waals surface area contributed by atoms with Gasteiger partial charge in [0.2, 0.25) is 5.91 Å². The fraction of sp³-hybridized carbons (Fsp3) is 0.273. The van der Waals surface area contributed by atoms with Crippen molar-refractivity contribution < 1.29 is 13.2 Å². The minimum atomic E-state index is -3.30. The van der Waals surface area contributed by atoms with Gasteiger partial charge in [0.1, 0.15) is 6.54 Å². The van der Waals surface area contributed by atoms with Gasteiger partial charge in [-0.3, -0.25) is 13.9 Å². The van der Waals surface area contributed by atoms with Gasteiger partial charge in [-0.15, -0.1) is 0 Å². The molecule has 0 spiro atoms. The quantitative estimate of drug-likeness (QED) is 0.679. The predicted octanol–water partition coefficient (Wildman–Crippen LogP) is 3.26. The van der Waals surface area contributed by atoms with Gasteiger partial charge >= 0.3 is 5.69 Å². The number of aromatic nitrogens is 2. The van der Waals surface area contributed by atoms with E-state index < -0.39 is 9.84 Å². The first kappa shape index (κ1) is 20.2. The van der Waals surface area contributed by atoms with E-state index in [2.05, 4.69) is 11.4 Å². The summed E-state index contributed by atoms with van der Waals surface area (Å²) in [6, 6.07) is 13.4. The molecule has 0 bridgehead atoms. The Hall–Kier alpha value is -3.13. The van der Waals surface area contributed by atoms with Gasteiger partial charge in [0.15, 0.2) is 9.84 Å². The van der Waals surface area contributed by atoms with E-state index in [0.29, 0.717) is 11.2 Å². The fourth-order valence-corrected chi connectivity index (χ4v) is 4.42. The van der Waals surface area contributed by atoms with Crippen LogP contribution in [0, 0.1) is 0 Å². The Kier molecular flexibility index (Phi) is 5.34. The first-order valence-corrected chi connectivity index (χ1v) is 11.7. The first-order chi connectivity index (χ1) is 14.3. The molecular weight excluding hydrogens is 402 g/mol. The number of benzene rings is 2. The van der Waals surface area contributed by atoms with Crippen molar-refractivity contribution in [3.05, 3.63) is 65.1 Å². The highest BCUT2D eigenvalue weighted by Crippen LogP contribution is 2.25. The van der Waals surface area contributed by atoms with Gasteiger partial charge in [-0.2, -0.15) is 0 Å². The number of hydrogen-bond donors (Lipinski definition) is 1. The Balaban J connectivity index is 1.62. The largest absolute Gasteiger partial charge is 0.333 e. The number of nitrogens with one attached hydrogen (secondary N) is 1. The molecule has 1 aliphatic carbocycles. The summed E-state index contributed by atoms with van der Waals surface area (Å²) < 4.78 is 26.3. The topological polar surface area (TPSA) is 90.2 Å². The summed E-state index contributed by atoms with van der Waals surface area (Å²) in [5, 5.41) is 2.73. The number of sulfone groups is 1. The predicted molar refractivity (Wildman–Crippen MR) is 117 cm³/mol. The minimum Gasteiger partial charge on any atom is -0.325 e. The molecule has 8 heteroatoms. The van der Waals surface area contributed by atoms with E-state index in [1.807, 2.05) is 24.3 Å². The third-order valence-electron chi connectivity index (χ3n) is 5.26. The summed E-state index contributed by atoms with van der Waals surface area (Å²) >= 11 is 0. The van der Waals surface area contributed by atoms with Crippen LogP contribution in [0.2, 0.25) is 0 Å². The van der Waals surface area contributed by atoms with Crippen LogP contribution in [0.15, 0.2) is 64.3 Å². The monoisotopic (exact) mass is 425 g/mol. The molecule has 30 heavy (non-hydrogen) atoms. The van der Waals surface area contributed by atoms with Crippen molar-refractivity contribution in [3.8, 4) is 0 Å². The number of amides is 1. The summed E-state index contributed by atoms with van der Waals surface area (Å²) in [7, 11) is -3.30. The van der Waals surface area contributed by atoms with Crippen molar-refractivity contribution in [2.24, 2.45) is 0 Å². The molecule has 0 fully saturated rings. The normalized spacial score (nSPS) is 14.5. The molecule has 4 rings (SSSR count). The van der Waals surface area contributed by atoms with Gasteiger partial charge in [-0.1, -0.05) is 18.2 Å². The molecule has 0 saturated heterocycles. The smallest absolute Gasteiger partial charge is 0.325 e. The Bertz CT molecular complexity index is 1300. The molecule has 2 aromatic carbocycles. The summed E-state index contributed by atoms with van der Waals surface area (Å²) in [4.78, 5) is 26.0. The summed E-state index contributed by atoms with van der Waals surface area (Å²) in [5.41, 5.74) is 2.72. The SMILES string of the molecule is CS(=O)(=O)c1ccc(NC(=O)Cn2c(=O)n(C3=CCCCC3)c3ccccc32)cc1. The Morgan fingerprint density at radius 1 is 1.03 bits per heavy atom. The van der Waals surface area contributed by atoms with Crippen LogP contribution in [0.1, 0.15) is 25.7 Å². The maximum Gasteiger partial charge on any atom is 0.333 e. The summed E-state index contributed by atoms with van der Waals surface area (Å²) in [6.45, 7) is -0.131. The lowest BCUT2D eigenvalue weighted by Crippen LogP contribution is -2.29. The van der Waals surface area contributed by atoms with Gasteiger partial charge < -0.3 is 5.32 Å². The van der Waals surface area contributed by atoms with Crippen LogP contribution in [0.3, 0.4) is 0 Å². The molecule has 3 aromatic rings. The number of anilines is 1. The standard InChI is InChI=1S/C22H23N3O4S/c1-30(28,29)18-13-11-16(12-14-18)23-21(26)15-24-19-9-5-6-10-20(19)25(22(24)27)17-7-3-2-4-8-17/h5-7,9-14H,2-4,8,15H2,1H3,(H,23,26). The molecule has 0 aliphatic heterocycles. The minimum absolute atomic E-state index is 0.131. The number of allylic oxidation sites excluding steroid dienone is 2. The van der Waals surface area contributed by atoms with Gasteiger partial charge in [0, 0.05) is 17.6 Å². The van der Waals surface area contributed by atoms with Crippen molar-refractivity contribution in [3.63, 3.8) is 0 Å². The zero-order valence-electron chi connectivity index (χ0n) is 16.7. The van der Waals surface area contributed by atoms with Crippen molar-refractivity contribution >= 4 is 38.2 Å². The molecular formula is C22H23N3O4S. The number of nitrogens with zero attached hydrogens (tertiary/aromatic N) is 2. The second kappa shape index (κ2) is 7.95. The maximum atomic E-state index is 13.2. The molecule has 0 atom stereocenters. The van der Waals surface area contributed by atoms with Crippen LogP contribution in [0.25, 0.3) is 16.7 Å². The molecule has 1 aromatic heterocycles. The van der Waals surface area contributed by atoms with E-state index in [0.717, 1.165) is 43.2 Å². The zero-order chi connectivity index (χ0) is 21.3. The number of fused-ring (bicyclic) bond motifs is 1. The lowest BCUT2D eigenvalue weighted by molar-refractivity contribution is -0.116. The zero-order valence-corrected chi connectivity index (χ0v) is 17.5. The van der Waals surface area contributed by atoms with Crippen LogP contribution in [-0.4, -0.2) is 29.7 Å². The first-order valence-electron chi connectivity index (χ1n) is 9.84. The van der Waals surface area contributed by atoms with Gasteiger partial charge in [0.05, 0.1) is 15.9 Å². The molecule has 7 nitrogen and oxygen atoms in total. The third kappa shape index (κ3) is 3.95. The van der Waals surface area contributed by atoms with Crippen LogP contribution in [-0.2, 0) is 21.2 Å².